The first kappa shape index (κ1) is 23.2. The van der Waals surface area contributed by atoms with Crippen molar-refractivity contribution in [2.75, 3.05) is 34.9 Å². The molecule has 2 atom stereocenters. The first-order chi connectivity index (χ1) is 14.5. The number of benzene rings is 2. The summed E-state index contributed by atoms with van der Waals surface area (Å²) in [6.07, 6.45) is 1.65. The lowest BCUT2D eigenvalue weighted by atomic mass is 9.92. The van der Waals surface area contributed by atoms with E-state index in [1.807, 2.05) is 50.0 Å². The Balaban J connectivity index is 0.00000155. The Morgan fingerprint density at radius 3 is 2.60 bits per heavy atom. The molecule has 2 aromatic carbocycles. The van der Waals surface area contributed by atoms with Crippen LogP contribution in [0.4, 0.5) is 0 Å². The Morgan fingerprint density at radius 1 is 1.20 bits per heavy atom. The van der Waals surface area contributed by atoms with Gasteiger partial charge in [-0.3, -0.25) is 0 Å². The highest BCUT2D eigenvalue weighted by Crippen LogP contribution is 2.40. The number of nitrogens with two attached hydrogens (primary N) is 1. The molecule has 162 valence electrons. The van der Waals surface area contributed by atoms with E-state index in [2.05, 4.69) is 18.2 Å². The number of hydrogen-bond donors (Lipinski definition) is 1. The Labute approximate surface area is 178 Å². The highest BCUT2D eigenvalue weighted by molar-refractivity contribution is 5.78. The lowest BCUT2D eigenvalue weighted by Crippen LogP contribution is -2.33. The van der Waals surface area contributed by atoms with Crippen molar-refractivity contribution in [2.45, 2.75) is 25.0 Å². The fourth-order valence-corrected chi connectivity index (χ4v) is 3.33. The zero-order chi connectivity index (χ0) is 22.1. The van der Waals surface area contributed by atoms with Crippen LogP contribution in [0.3, 0.4) is 0 Å². The van der Waals surface area contributed by atoms with Gasteiger partial charge in [0.25, 0.3) is 0 Å². The number of nitrogens with zero attached hydrogens (tertiary/aromatic N) is 2. The molecule has 0 aromatic heterocycles. The molecule has 2 N–H and O–H groups in total. The van der Waals surface area contributed by atoms with Gasteiger partial charge in [-0.05, 0) is 35.4 Å². The molecular formula is C23H31N3O4. The number of carbonyl (C=O) groups is 1. The van der Waals surface area contributed by atoms with Gasteiger partial charge in [0.05, 0.1) is 13.2 Å². The van der Waals surface area contributed by atoms with Crippen LogP contribution in [-0.2, 0) is 9.53 Å². The Morgan fingerprint density at radius 2 is 1.93 bits per heavy atom. The van der Waals surface area contributed by atoms with E-state index in [-0.39, 0.29) is 12.1 Å². The molecule has 2 aromatic rings. The van der Waals surface area contributed by atoms with Crippen LogP contribution < -0.4 is 15.2 Å². The second-order valence-corrected chi connectivity index (χ2v) is 7.14. The minimum Gasteiger partial charge on any atom is -0.497 e. The average molecular weight is 414 g/mol. The van der Waals surface area contributed by atoms with Crippen LogP contribution in [0, 0.1) is 0 Å². The van der Waals surface area contributed by atoms with Crippen LogP contribution in [0.1, 0.15) is 24.4 Å². The summed E-state index contributed by atoms with van der Waals surface area (Å²) in [5.41, 5.74) is 9.37. The predicted molar refractivity (Wildman–Crippen MR) is 119 cm³/mol. The molecular weight excluding hydrogens is 382 g/mol. The van der Waals surface area contributed by atoms with Crippen molar-refractivity contribution in [3.8, 4) is 22.6 Å². The summed E-state index contributed by atoms with van der Waals surface area (Å²) < 4.78 is 16.8. The number of aliphatic imine (C=N–C) groups is 1. The molecule has 0 unspecified atom stereocenters. The smallest absolute Gasteiger partial charge is 0.191 e. The number of rotatable bonds is 6. The predicted octanol–water partition coefficient (Wildman–Crippen LogP) is 3.28. The topological polar surface area (TPSA) is 86.4 Å². The number of guanidine groups is 1. The molecule has 3 rings (SSSR count). The Bertz CT molecular complexity index is 854. The van der Waals surface area contributed by atoms with Crippen LogP contribution in [0.15, 0.2) is 47.5 Å². The van der Waals surface area contributed by atoms with Crippen molar-refractivity contribution in [1.29, 1.82) is 0 Å². The van der Waals surface area contributed by atoms with E-state index in [4.69, 9.17) is 29.7 Å². The van der Waals surface area contributed by atoms with Crippen LogP contribution in [-0.4, -0.2) is 58.7 Å². The Hall–Kier alpha value is -3.06. The summed E-state index contributed by atoms with van der Waals surface area (Å²) in [4.78, 5) is 14.6. The monoisotopic (exact) mass is 413 g/mol. The van der Waals surface area contributed by atoms with Gasteiger partial charge in [-0.25, -0.2) is 4.99 Å². The first-order valence-electron chi connectivity index (χ1n) is 9.75. The largest absolute Gasteiger partial charge is 0.497 e. The van der Waals surface area contributed by atoms with Gasteiger partial charge in [0.2, 0.25) is 0 Å². The molecule has 7 nitrogen and oxygen atoms in total. The molecule has 0 amide bonds. The molecule has 0 saturated heterocycles. The molecule has 0 bridgehead atoms. The quantitative estimate of drug-likeness (QED) is 0.578. The summed E-state index contributed by atoms with van der Waals surface area (Å²) in [7, 11) is 7.17. The van der Waals surface area contributed by atoms with Gasteiger partial charge >= 0.3 is 0 Å². The van der Waals surface area contributed by atoms with Crippen molar-refractivity contribution in [3.05, 3.63) is 48.0 Å². The van der Waals surface area contributed by atoms with E-state index in [9.17, 15) is 0 Å². The molecule has 1 aliphatic rings. The van der Waals surface area contributed by atoms with E-state index in [0.29, 0.717) is 12.6 Å². The number of ether oxygens (including phenoxy) is 3. The van der Waals surface area contributed by atoms with Crippen molar-refractivity contribution < 1.29 is 19.0 Å². The SMILES string of the molecule is C=O.COCC[C@H]1C[C@@H](N=C(N)N(C)C)c2cc(-c3cccc(OC)c3)ccc2O1. The lowest BCUT2D eigenvalue weighted by molar-refractivity contribution is -0.0979. The fraction of sp³-hybridized carbons (Fsp3) is 0.391. The molecule has 0 fully saturated rings. The Kier molecular flexibility index (Phi) is 8.68. The molecule has 0 saturated carbocycles. The summed E-state index contributed by atoms with van der Waals surface area (Å²) in [6, 6.07) is 14.2. The number of carbonyl (C=O) groups excluding carboxylic acids is 1. The first-order valence-corrected chi connectivity index (χ1v) is 9.75. The fourth-order valence-electron chi connectivity index (χ4n) is 3.33. The lowest BCUT2D eigenvalue weighted by Gasteiger charge is -2.31. The second kappa shape index (κ2) is 11.2. The van der Waals surface area contributed by atoms with E-state index in [1.165, 1.54) is 0 Å². The molecule has 1 aliphatic heterocycles. The third-order valence-electron chi connectivity index (χ3n) is 4.94. The highest BCUT2D eigenvalue weighted by atomic mass is 16.5. The number of methoxy groups -OCH3 is 2. The van der Waals surface area contributed by atoms with Gasteiger partial charge in [-0.2, -0.15) is 0 Å². The van der Waals surface area contributed by atoms with Crippen molar-refractivity contribution in [3.63, 3.8) is 0 Å². The van der Waals surface area contributed by atoms with Crippen molar-refractivity contribution in [1.82, 2.24) is 4.90 Å². The third kappa shape index (κ3) is 5.73. The summed E-state index contributed by atoms with van der Waals surface area (Å²) in [5.74, 6) is 2.20. The van der Waals surface area contributed by atoms with E-state index < -0.39 is 0 Å². The van der Waals surface area contributed by atoms with Crippen molar-refractivity contribution in [2.24, 2.45) is 10.7 Å². The summed E-state index contributed by atoms with van der Waals surface area (Å²) in [6.45, 7) is 2.65. The normalized spacial score (nSPS) is 17.8. The van der Waals surface area contributed by atoms with Gasteiger partial charge in [0, 0.05) is 46.2 Å². The van der Waals surface area contributed by atoms with E-state index in [0.717, 1.165) is 41.0 Å². The van der Waals surface area contributed by atoms with Crippen LogP contribution >= 0.6 is 0 Å². The third-order valence-corrected chi connectivity index (χ3v) is 4.94. The molecule has 0 spiro atoms. The average Bonchev–Trinajstić information content (AvgIpc) is 2.78. The number of fused-ring (bicyclic) bond motifs is 1. The molecule has 1 heterocycles. The van der Waals surface area contributed by atoms with Gasteiger partial charge < -0.3 is 29.6 Å². The van der Waals surface area contributed by atoms with E-state index in [1.54, 1.807) is 14.2 Å². The van der Waals surface area contributed by atoms with Gasteiger partial charge in [-0.15, -0.1) is 0 Å². The standard InChI is InChI=1S/C22H29N3O3.CH2O/c1-25(2)22(23)24-20-14-18(10-11-26-3)28-21-9-8-16(13-19(20)21)15-6-5-7-17(12-15)27-4;1-2/h5-9,12-13,18,20H,10-11,14H2,1-4H3,(H2,23,24);1H2/t18-,20+;/m0./s1. The van der Waals surface area contributed by atoms with Crippen molar-refractivity contribution >= 4 is 12.7 Å². The molecule has 0 radical (unpaired) electrons. The van der Waals surface area contributed by atoms with Crippen LogP contribution in [0.5, 0.6) is 11.5 Å². The van der Waals surface area contributed by atoms with Gasteiger partial charge in [-0.1, -0.05) is 18.2 Å². The maximum Gasteiger partial charge on any atom is 0.191 e. The van der Waals surface area contributed by atoms with Gasteiger partial charge in [0.15, 0.2) is 5.96 Å². The maximum atomic E-state index is 8.00. The number of hydrogen-bond acceptors (Lipinski definition) is 5. The molecule has 7 heteroatoms. The molecule has 0 aliphatic carbocycles. The van der Waals surface area contributed by atoms with Crippen LogP contribution in [0.25, 0.3) is 11.1 Å². The zero-order valence-corrected chi connectivity index (χ0v) is 18.1. The summed E-state index contributed by atoms with van der Waals surface area (Å²) in [5, 5.41) is 0. The summed E-state index contributed by atoms with van der Waals surface area (Å²) >= 11 is 0. The minimum atomic E-state index is -0.0569. The maximum absolute atomic E-state index is 8.00. The highest BCUT2D eigenvalue weighted by Gasteiger charge is 2.29. The minimum absolute atomic E-state index is 0.0545. The van der Waals surface area contributed by atoms with Crippen LogP contribution in [0.2, 0.25) is 0 Å². The molecule has 30 heavy (non-hydrogen) atoms. The van der Waals surface area contributed by atoms with E-state index >= 15 is 0 Å². The second-order valence-electron chi connectivity index (χ2n) is 7.14. The van der Waals surface area contributed by atoms with Gasteiger partial charge in [0.1, 0.15) is 24.4 Å². The zero-order valence-electron chi connectivity index (χ0n) is 18.1.